The molecule has 29 heavy (non-hydrogen) atoms. The number of aryl methyl sites for hydroxylation is 3. The first-order valence-electron chi connectivity index (χ1n) is 9.76. The summed E-state index contributed by atoms with van der Waals surface area (Å²) in [5.41, 5.74) is 3.19. The van der Waals surface area contributed by atoms with Gasteiger partial charge in [0, 0.05) is 19.8 Å². The summed E-state index contributed by atoms with van der Waals surface area (Å²) in [6.45, 7) is 8.88. The Morgan fingerprint density at radius 1 is 1.03 bits per heavy atom. The predicted octanol–water partition coefficient (Wildman–Crippen LogP) is 3.35. The molecule has 0 aliphatic carbocycles. The van der Waals surface area contributed by atoms with E-state index in [-0.39, 0.29) is 17.3 Å². The highest BCUT2D eigenvalue weighted by Gasteiger charge is 2.28. The van der Waals surface area contributed by atoms with Crippen molar-refractivity contribution >= 4 is 21.6 Å². The van der Waals surface area contributed by atoms with Crippen LogP contribution in [0.25, 0.3) is 0 Å². The van der Waals surface area contributed by atoms with Gasteiger partial charge in [-0.1, -0.05) is 29.8 Å². The second-order valence-corrected chi connectivity index (χ2v) is 8.88. The molecular weight excluding hydrogens is 388 g/mol. The van der Waals surface area contributed by atoms with Crippen molar-refractivity contribution in [3.8, 4) is 0 Å². The van der Waals surface area contributed by atoms with Crippen molar-refractivity contribution in [1.29, 1.82) is 0 Å². The highest BCUT2D eigenvalue weighted by Crippen LogP contribution is 2.28. The SMILES string of the molecule is CCOCCCNC(=O)CN(c1cc(C)ccc1C)S(=O)(=O)c1ccc(C)cc1. The van der Waals surface area contributed by atoms with E-state index >= 15 is 0 Å². The number of ether oxygens (including phenoxy) is 1. The molecule has 6 nitrogen and oxygen atoms in total. The zero-order valence-corrected chi connectivity index (χ0v) is 18.4. The zero-order valence-electron chi connectivity index (χ0n) is 17.6. The van der Waals surface area contributed by atoms with Gasteiger partial charge in [-0.25, -0.2) is 8.42 Å². The molecule has 1 N–H and O–H groups in total. The van der Waals surface area contributed by atoms with Crippen molar-refractivity contribution in [2.75, 3.05) is 30.6 Å². The van der Waals surface area contributed by atoms with Crippen LogP contribution in [0, 0.1) is 20.8 Å². The molecule has 0 saturated heterocycles. The fourth-order valence-corrected chi connectivity index (χ4v) is 4.34. The molecule has 2 rings (SSSR count). The summed E-state index contributed by atoms with van der Waals surface area (Å²) in [5.74, 6) is -0.349. The van der Waals surface area contributed by atoms with Crippen LogP contribution in [0.5, 0.6) is 0 Å². The van der Waals surface area contributed by atoms with Crippen LogP contribution in [0.15, 0.2) is 47.4 Å². The number of amides is 1. The molecule has 1 amide bonds. The molecule has 0 bridgehead atoms. The van der Waals surface area contributed by atoms with Gasteiger partial charge in [0.25, 0.3) is 10.0 Å². The quantitative estimate of drug-likeness (QED) is 0.601. The van der Waals surface area contributed by atoms with E-state index in [2.05, 4.69) is 5.32 Å². The standard InChI is InChI=1S/C22H30N2O4S/c1-5-28-14-6-13-23-22(25)16-24(21-15-18(3)7-10-19(21)4)29(26,27)20-11-8-17(2)9-12-20/h7-12,15H,5-6,13-14,16H2,1-4H3,(H,23,25). The average molecular weight is 419 g/mol. The van der Waals surface area contributed by atoms with Gasteiger partial charge in [0.2, 0.25) is 5.91 Å². The lowest BCUT2D eigenvalue weighted by molar-refractivity contribution is -0.119. The summed E-state index contributed by atoms with van der Waals surface area (Å²) in [6.07, 6.45) is 0.674. The van der Waals surface area contributed by atoms with Crippen molar-refractivity contribution in [3.05, 3.63) is 59.2 Å². The first-order valence-corrected chi connectivity index (χ1v) is 11.2. The molecular formula is C22H30N2O4S. The fraction of sp³-hybridized carbons (Fsp3) is 0.409. The van der Waals surface area contributed by atoms with Crippen LogP contribution in [0.1, 0.15) is 30.0 Å². The lowest BCUT2D eigenvalue weighted by Crippen LogP contribution is -2.41. The maximum Gasteiger partial charge on any atom is 0.264 e. The highest BCUT2D eigenvalue weighted by molar-refractivity contribution is 7.92. The van der Waals surface area contributed by atoms with Gasteiger partial charge in [-0.2, -0.15) is 0 Å². The van der Waals surface area contributed by atoms with Gasteiger partial charge in [0.1, 0.15) is 6.54 Å². The summed E-state index contributed by atoms with van der Waals surface area (Å²) < 4.78 is 33.2. The van der Waals surface area contributed by atoms with Crippen molar-refractivity contribution in [2.24, 2.45) is 0 Å². The number of nitrogens with zero attached hydrogens (tertiary/aromatic N) is 1. The molecule has 0 spiro atoms. The third-order valence-corrected chi connectivity index (χ3v) is 6.30. The van der Waals surface area contributed by atoms with Gasteiger partial charge < -0.3 is 10.1 Å². The molecule has 0 aromatic heterocycles. The predicted molar refractivity (Wildman–Crippen MR) is 116 cm³/mol. The Kier molecular flexibility index (Phi) is 8.22. The molecule has 0 atom stereocenters. The third-order valence-electron chi connectivity index (χ3n) is 4.52. The maximum absolute atomic E-state index is 13.4. The van der Waals surface area contributed by atoms with Crippen molar-refractivity contribution < 1.29 is 17.9 Å². The van der Waals surface area contributed by atoms with E-state index in [0.29, 0.717) is 31.9 Å². The first-order chi connectivity index (χ1) is 13.8. The van der Waals surface area contributed by atoms with E-state index in [4.69, 9.17) is 4.74 Å². The summed E-state index contributed by atoms with van der Waals surface area (Å²) >= 11 is 0. The third kappa shape index (κ3) is 6.30. The molecule has 0 unspecified atom stereocenters. The van der Waals surface area contributed by atoms with Gasteiger partial charge in [-0.05, 0) is 63.4 Å². The largest absolute Gasteiger partial charge is 0.382 e. The van der Waals surface area contributed by atoms with E-state index in [1.165, 1.54) is 4.31 Å². The molecule has 2 aromatic carbocycles. The number of carbonyl (C=O) groups excluding carboxylic acids is 1. The van der Waals surface area contributed by atoms with Crippen LogP contribution in [0.2, 0.25) is 0 Å². The van der Waals surface area contributed by atoms with Gasteiger partial charge in [-0.3, -0.25) is 9.10 Å². The minimum absolute atomic E-state index is 0.160. The minimum Gasteiger partial charge on any atom is -0.382 e. The van der Waals surface area contributed by atoms with Crippen LogP contribution in [0.3, 0.4) is 0 Å². The van der Waals surface area contributed by atoms with Crippen molar-refractivity contribution in [3.63, 3.8) is 0 Å². The number of carbonyl (C=O) groups is 1. The van der Waals surface area contributed by atoms with Gasteiger partial charge in [0.15, 0.2) is 0 Å². The fourth-order valence-electron chi connectivity index (χ4n) is 2.86. The number of benzene rings is 2. The molecule has 0 aliphatic heterocycles. The molecule has 0 aliphatic rings. The van der Waals surface area contributed by atoms with Crippen molar-refractivity contribution in [2.45, 2.75) is 39.0 Å². The van der Waals surface area contributed by atoms with E-state index in [0.717, 1.165) is 16.7 Å². The molecule has 0 saturated carbocycles. The molecule has 158 valence electrons. The monoisotopic (exact) mass is 418 g/mol. The number of hydrogen-bond donors (Lipinski definition) is 1. The van der Waals surface area contributed by atoms with E-state index in [9.17, 15) is 13.2 Å². The van der Waals surface area contributed by atoms with E-state index in [1.807, 2.05) is 39.8 Å². The maximum atomic E-state index is 13.4. The van der Waals surface area contributed by atoms with Crippen LogP contribution in [-0.4, -0.2) is 40.6 Å². The lowest BCUT2D eigenvalue weighted by Gasteiger charge is -2.26. The molecule has 0 heterocycles. The Bertz CT molecular complexity index is 924. The number of nitrogens with one attached hydrogen (secondary N) is 1. The minimum atomic E-state index is -3.90. The average Bonchev–Trinajstić information content (AvgIpc) is 2.68. The topological polar surface area (TPSA) is 75.7 Å². The van der Waals surface area contributed by atoms with Crippen LogP contribution in [-0.2, 0) is 19.6 Å². The van der Waals surface area contributed by atoms with Crippen molar-refractivity contribution in [1.82, 2.24) is 5.32 Å². The van der Waals surface area contributed by atoms with Crippen LogP contribution >= 0.6 is 0 Å². The summed E-state index contributed by atoms with van der Waals surface area (Å²) in [7, 11) is -3.90. The second kappa shape index (κ2) is 10.4. The highest BCUT2D eigenvalue weighted by atomic mass is 32.2. The van der Waals surface area contributed by atoms with E-state index in [1.54, 1.807) is 30.3 Å². The smallest absolute Gasteiger partial charge is 0.264 e. The zero-order chi connectivity index (χ0) is 21.4. The lowest BCUT2D eigenvalue weighted by atomic mass is 10.1. The Labute approximate surface area is 173 Å². The number of hydrogen-bond acceptors (Lipinski definition) is 4. The van der Waals surface area contributed by atoms with Gasteiger partial charge in [0.05, 0.1) is 10.6 Å². The Morgan fingerprint density at radius 2 is 1.69 bits per heavy atom. The van der Waals surface area contributed by atoms with Crippen LogP contribution in [0.4, 0.5) is 5.69 Å². The molecule has 0 fully saturated rings. The summed E-state index contributed by atoms with van der Waals surface area (Å²) in [5, 5.41) is 2.78. The van der Waals surface area contributed by atoms with E-state index < -0.39 is 10.0 Å². The molecule has 0 radical (unpaired) electrons. The summed E-state index contributed by atoms with van der Waals surface area (Å²) in [4.78, 5) is 12.7. The van der Waals surface area contributed by atoms with Crippen LogP contribution < -0.4 is 9.62 Å². The Morgan fingerprint density at radius 3 is 2.34 bits per heavy atom. The Balaban J connectivity index is 2.30. The second-order valence-electron chi connectivity index (χ2n) is 7.02. The number of sulfonamides is 1. The molecule has 2 aromatic rings. The normalized spacial score (nSPS) is 11.3. The first kappa shape index (κ1) is 22.9. The number of anilines is 1. The molecule has 7 heteroatoms. The number of rotatable bonds is 10. The Hall–Kier alpha value is -2.38. The van der Waals surface area contributed by atoms with Gasteiger partial charge in [-0.15, -0.1) is 0 Å². The summed E-state index contributed by atoms with van der Waals surface area (Å²) in [6, 6.07) is 12.2. The van der Waals surface area contributed by atoms with Gasteiger partial charge >= 0.3 is 0 Å².